The number of benzene rings is 2. The van der Waals surface area contributed by atoms with Crippen LogP contribution in [0, 0.1) is 5.82 Å². The molecule has 0 saturated carbocycles. The van der Waals surface area contributed by atoms with Gasteiger partial charge in [-0.3, -0.25) is 9.69 Å². The molecule has 4 rings (SSSR count). The normalized spacial score (nSPS) is 18.8. The van der Waals surface area contributed by atoms with Gasteiger partial charge >= 0.3 is 0 Å². The van der Waals surface area contributed by atoms with Gasteiger partial charge in [-0.2, -0.15) is 0 Å². The summed E-state index contributed by atoms with van der Waals surface area (Å²) in [5.74, 6) is 0.120. The minimum absolute atomic E-state index is 0.151. The minimum Gasteiger partial charge on any atom is -0.341 e. The number of carbonyl (C=O) groups is 1. The fraction of sp³-hybridized carbons (Fsp3) is 0.111. The van der Waals surface area contributed by atoms with Crippen LogP contribution in [0.2, 0.25) is 0 Å². The van der Waals surface area contributed by atoms with Crippen LogP contribution in [0.25, 0.3) is 6.08 Å². The molecule has 0 N–H and O–H groups in total. The van der Waals surface area contributed by atoms with E-state index in [1.165, 1.54) is 17.8 Å². The average molecular weight is 339 g/mol. The summed E-state index contributed by atoms with van der Waals surface area (Å²) in [6, 6.07) is 16.2. The zero-order valence-electron chi connectivity index (χ0n) is 12.7. The Morgan fingerprint density at radius 3 is 2.62 bits per heavy atom. The summed E-state index contributed by atoms with van der Waals surface area (Å²) in [6.45, 7) is 0.303. The lowest BCUT2D eigenvalue weighted by atomic mass is 10.2. The molecule has 2 heterocycles. The second-order valence-electron chi connectivity index (χ2n) is 5.47. The first-order chi connectivity index (χ1) is 11.7. The summed E-state index contributed by atoms with van der Waals surface area (Å²) in [5.41, 5.74) is 1.84. The third-order valence-electron chi connectivity index (χ3n) is 3.87. The lowest BCUT2D eigenvalue weighted by Gasteiger charge is -2.34. The molecule has 0 aromatic heterocycles. The molecule has 0 unspecified atom stereocenters. The number of hydrogen-bond donors (Lipinski definition) is 0. The van der Waals surface area contributed by atoms with E-state index in [0.717, 1.165) is 5.56 Å². The molecule has 0 bridgehead atoms. The zero-order valence-corrected chi connectivity index (χ0v) is 13.5. The Kier molecular flexibility index (Phi) is 3.82. The first-order valence-electron chi connectivity index (χ1n) is 7.52. The standard InChI is InChI=1S/C18H14FN3OS/c19-14-8-4-5-9-16(14)21-11-22-17(23)15(20-18(22)24-12-21)10-13-6-2-1-3-7-13/h1-10H,11-12H2. The molecule has 0 radical (unpaired) electrons. The highest BCUT2D eigenvalue weighted by Gasteiger charge is 2.35. The van der Waals surface area contributed by atoms with Crippen molar-refractivity contribution in [1.29, 1.82) is 0 Å². The number of thioether (sulfide) groups is 1. The predicted molar refractivity (Wildman–Crippen MR) is 94.9 cm³/mol. The molecule has 120 valence electrons. The number of nitrogens with zero attached hydrogens (tertiary/aromatic N) is 3. The fourth-order valence-corrected chi connectivity index (χ4v) is 3.62. The topological polar surface area (TPSA) is 35.9 Å². The summed E-state index contributed by atoms with van der Waals surface area (Å²) in [6.07, 6.45) is 1.78. The van der Waals surface area contributed by atoms with Crippen LogP contribution in [-0.4, -0.2) is 28.5 Å². The van der Waals surface area contributed by atoms with Crippen molar-refractivity contribution >= 4 is 34.6 Å². The number of carbonyl (C=O) groups excluding carboxylic acids is 1. The predicted octanol–water partition coefficient (Wildman–Crippen LogP) is 3.53. The lowest BCUT2D eigenvalue weighted by molar-refractivity contribution is -0.122. The number of rotatable bonds is 2. The second-order valence-corrected chi connectivity index (χ2v) is 6.39. The Morgan fingerprint density at radius 1 is 1.08 bits per heavy atom. The zero-order chi connectivity index (χ0) is 16.5. The summed E-state index contributed by atoms with van der Waals surface area (Å²) >= 11 is 1.44. The van der Waals surface area contributed by atoms with Crippen molar-refractivity contribution in [2.75, 3.05) is 17.4 Å². The molecule has 0 spiro atoms. The van der Waals surface area contributed by atoms with Gasteiger partial charge in [-0.15, -0.1) is 0 Å². The molecule has 2 aromatic rings. The van der Waals surface area contributed by atoms with Crippen molar-refractivity contribution in [2.45, 2.75) is 0 Å². The van der Waals surface area contributed by atoms with E-state index >= 15 is 0 Å². The van der Waals surface area contributed by atoms with Crippen LogP contribution in [0.3, 0.4) is 0 Å². The van der Waals surface area contributed by atoms with Gasteiger partial charge in [-0.25, -0.2) is 9.38 Å². The summed E-state index contributed by atoms with van der Waals surface area (Å²) in [5, 5.41) is 0.676. The van der Waals surface area contributed by atoms with Crippen LogP contribution < -0.4 is 4.90 Å². The van der Waals surface area contributed by atoms with Crippen molar-refractivity contribution in [3.63, 3.8) is 0 Å². The number of halogens is 1. The monoisotopic (exact) mass is 339 g/mol. The van der Waals surface area contributed by atoms with Gasteiger partial charge in [0, 0.05) is 0 Å². The van der Waals surface area contributed by atoms with Crippen LogP contribution in [0.4, 0.5) is 10.1 Å². The molecular weight excluding hydrogens is 325 g/mol. The van der Waals surface area contributed by atoms with Crippen molar-refractivity contribution in [2.24, 2.45) is 4.99 Å². The number of hydrogen-bond acceptors (Lipinski definition) is 4. The van der Waals surface area contributed by atoms with Gasteiger partial charge in [0.15, 0.2) is 5.17 Å². The van der Waals surface area contributed by atoms with Crippen molar-refractivity contribution in [1.82, 2.24) is 4.90 Å². The maximum Gasteiger partial charge on any atom is 0.280 e. The first-order valence-corrected chi connectivity index (χ1v) is 8.50. The van der Waals surface area contributed by atoms with E-state index in [-0.39, 0.29) is 11.7 Å². The Bertz CT molecular complexity index is 850. The smallest absolute Gasteiger partial charge is 0.280 e. The van der Waals surface area contributed by atoms with Crippen LogP contribution >= 0.6 is 11.8 Å². The molecule has 24 heavy (non-hydrogen) atoms. The number of amidine groups is 1. The highest BCUT2D eigenvalue weighted by atomic mass is 32.2. The molecule has 2 aliphatic heterocycles. The van der Waals surface area contributed by atoms with E-state index < -0.39 is 0 Å². The number of amides is 1. The van der Waals surface area contributed by atoms with Crippen LogP contribution in [0.5, 0.6) is 0 Å². The quantitative estimate of drug-likeness (QED) is 0.785. The second kappa shape index (κ2) is 6.13. The number of anilines is 1. The van der Waals surface area contributed by atoms with Crippen molar-refractivity contribution in [3.8, 4) is 0 Å². The lowest BCUT2D eigenvalue weighted by Crippen LogP contribution is -2.46. The molecule has 4 nitrogen and oxygen atoms in total. The number of aliphatic imine (C=N–C) groups is 1. The number of fused-ring (bicyclic) bond motifs is 1. The average Bonchev–Trinajstić information content (AvgIpc) is 2.92. The Hall–Kier alpha value is -2.60. The van der Waals surface area contributed by atoms with E-state index in [1.807, 2.05) is 35.2 Å². The number of para-hydroxylation sites is 1. The van der Waals surface area contributed by atoms with Crippen LogP contribution in [0.15, 0.2) is 65.3 Å². The minimum atomic E-state index is -0.287. The van der Waals surface area contributed by atoms with Gasteiger partial charge in [0.25, 0.3) is 5.91 Å². The van der Waals surface area contributed by atoms with E-state index in [0.29, 0.717) is 29.1 Å². The van der Waals surface area contributed by atoms with Gasteiger partial charge in [0.05, 0.1) is 11.6 Å². The Balaban J connectivity index is 1.58. The van der Waals surface area contributed by atoms with Gasteiger partial charge < -0.3 is 4.90 Å². The van der Waals surface area contributed by atoms with Gasteiger partial charge in [0.1, 0.15) is 18.2 Å². The van der Waals surface area contributed by atoms with Crippen molar-refractivity contribution in [3.05, 3.63) is 71.7 Å². The third kappa shape index (κ3) is 2.69. The Labute approximate surface area is 143 Å². The molecule has 1 fully saturated rings. The molecule has 1 amide bonds. The van der Waals surface area contributed by atoms with Gasteiger partial charge in [0.2, 0.25) is 0 Å². The molecular formula is C18H14FN3OS. The summed E-state index contributed by atoms with van der Waals surface area (Å²) < 4.78 is 14.0. The van der Waals surface area contributed by atoms with E-state index in [9.17, 15) is 9.18 Å². The Morgan fingerprint density at radius 2 is 1.83 bits per heavy atom. The highest BCUT2D eigenvalue weighted by Crippen LogP contribution is 2.31. The SMILES string of the molecule is O=C1C(=Cc2ccccc2)N=C2SCN(c3ccccc3F)CN12. The maximum absolute atomic E-state index is 14.0. The summed E-state index contributed by atoms with van der Waals surface area (Å²) in [4.78, 5) is 20.5. The van der Waals surface area contributed by atoms with E-state index in [1.54, 1.807) is 29.2 Å². The van der Waals surface area contributed by atoms with Gasteiger partial charge in [-0.05, 0) is 23.8 Å². The largest absolute Gasteiger partial charge is 0.341 e. The first kappa shape index (κ1) is 15.0. The highest BCUT2D eigenvalue weighted by molar-refractivity contribution is 8.14. The maximum atomic E-state index is 14.0. The molecule has 1 saturated heterocycles. The van der Waals surface area contributed by atoms with E-state index in [4.69, 9.17) is 0 Å². The summed E-state index contributed by atoms with van der Waals surface area (Å²) in [7, 11) is 0. The molecule has 2 aromatic carbocycles. The molecule has 2 aliphatic rings. The van der Waals surface area contributed by atoms with Crippen LogP contribution in [0.1, 0.15) is 5.56 Å². The van der Waals surface area contributed by atoms with E-state index in [2.05, 4.69) is 4.99 Å². The molecule has 0 atom stereocenters. The fourth-order valence-electron chi connectivity index (χ4n) is 2.67. The van der Waals surface area contributed by atoms with Crippen LogP contribution in [-0.2, 0) is 4.79 Å². The van der Waals surface area contributed by atoms with Gasteiger partial charge in [-0.1, -0.05) is 54.2 Å². The molecule has 0 aliphatic carbocycles. The third-order valence-corrected chi connectivity index (χ3v) is 4.88. The van der Waals surface area contributed by atoms with Crippen molar-refractivity contribution < 1.29 is 9.18 Å². The molecule has 6 heteroatoms.